The maximum atomic E-state index is 13.9. The van der Waals surface area contributed by atoms with Gasteiger partial charge in [0.15, 0.2) is 0 Å². The number of urea groups is 1. The number of amides is 2. The average Bonchev–Trinajstić information content (AvgIpc) is 2.51. The van der Waals surface area contributed by atoms with Gasteiger partial charge in [-0.2, -0.15) is 0 Å². The molecule has 0 spiro atoms. The van der Waals surface area contributed by atoms with Crippen LogP contribution in [-0.2, 0) is 13.1 Å². The molecule has 116 valence electrons. The minimum absolute atomic E-state index is 0.0895. The van der Waals surface area contributed by atoms with Crippen LogP contribution in [0, 0.1) is 5.82 Å². The Kier molecular flexibility index (Phi) is 5.72. The van der Waals surface area contributed by atoms with Crippen LogP contribution in [0.15, 0.2) is 42.7 Å². The van der Waals surface area contributed by atoms with Gasteiger partial charge < -0.3 is 10.2 Å². The summed E-state index contributed by atoms with van der Waals surface area (Å²) in [6, 6.07) is 7.87. The van der Waals surface area contributed by atoms with Gasteiger partial charge in [0.25, 0.3) is 0 Å². The Labute approximate surface area is 133 Å². The summed E-state index contributed by atoms with van der Waals surface area (Å²) < 4.78 is 13.9. The highest BCUT2D eigenvalue weighted by molar-refractivity contribution is 6.31. The highest BCUT2D eigenvalue weighted by Gasteiger charge is 2.17. The molecule has 4 nitrogen and oxygen atoms in total. The van der Waals surface area contributed by atoms with E-state index in [2.05, 4.69) is 10.3 Å². The number of rotatable bonds is 5. The number of aromatic nitrogens is 1. The first-order valence-electron chi connectivity index (χ1n) is 6.96. The van der Waals surface area contributed by atoms with Crippen LogP contribution in [0.2, 0.25) is 5.02 Å². The van der Waals surface area contributed by atoms with Crippen LogP contribution in [0.25, 0.3) is 0 Å². The average molecular weight is 322 g/mol. The van der Waals surface area contributed by atoms with Crippen molar-refractivity contribution in [3.63, 3.8) is 0 Å². The van der Waals surface area contributed by atoms with Gasteiger partial charge >= 0.3 is 6.03 Å². The van der Waals surface area contributed by atoms with Crippen LogP contribution in [0.1, 0.15) is 18.1 Å². The lowest BCUT2D eigenvalue weighted by atomic mass is 10.2. The van der Waals surface area contributed by atoms with Crippen LogP contribution in [0.4, 0.5) is 9.18 Å². The first-order valence-corrected chi connectivity index (χ1v) is 7.34. The van der Waals surface area contributed by atoms with Gasteiger partial charge in [-0.05, 0) is 30.7 Å². The predicted octanol–water partition coefficient (Wildman–Crippen LogP) is 3.61. The minimum atomic E-state index is -0.423. The first kappa shape index (κ1) is 16.2. The van der Waals surface area contributed by atoms with Gasteiger partial charge in [-0.1, -0.05) is 23.7 Å². The van der Waals surface area contributed by atoms with Gasteiger partial charge in [0.1, 0.15) is 5.82 Å². The third-order valence-corrected chi connectivity index (χ3v) is 3.48. The maximum Gasteiger partial charge on any atom is 0.317 e. The van der Waals surface area contributed by atoms with E-state index in [0.29, 0.717) is 23.7 Å². The molecule has 2 rings (SSSR count). The van der Waals surface area contributed by atoms with Crippen molar-refractivity contribution in [2.45, 2.75) is 20.0 Å². The smallest absolute Gasteiger partial charge is 0.317 e. The second-order valence-electron chi connectivity index (χ2n) is 4.75. The fourth-order valence-corrected chi connectivity index (χ4v) is 2.27. The zero-order valence-electron chi connectivity index (χ0n) is 12.2. The van der Waals surface area contributed by atoms with Gasteiger partial charge in [-0.15, -0.1) is 0 Å². The van der Waals surface area contributed by atoms with Gasteiger partial charge in [0.2, 0.25) is 0 Å². The number of halogens is 2. The normalized spacial score (nSPS) is 10.3. The fourth-order valence-electron chi connectivity index (χ4n) is 2.05. The standard InChI is InChI=1S/C16H17ClFN3O/c1-2-20-16(22)21(10-12-5-4-8-19-9-12)11-13-14(17)6-3-7-15(13)18/h3-9H,2,10-11H2,1H3,(H,20,22). The largest absolute Gasteiger partial charge is 0.338 e. The number of nitrogens with one attached hydrogen (secondary N) is 1. The van der Waals surface area contributed by atoms with Crippen molar-refractivity contribution in [3.8, 4) is 0 Å². The van der Waals surface area contributed by atoms with E-state index in [0.717, 1.165) is 5.56 Å². The summed E-state index contributed by atoms with van der Waals surface area (Å²) in [5.74, 6) is -0.423. The van der Waals surface area contributed by atoms with Gasteiger partial charge in [0.05, 0.1) is 6.54 Å². The minimum Gasteiger partial charge on any atom is -0.338 e. The van der Waals surface area contributed by atoms with Crippen LogP contribution >= 0.6 is 11.6 Å². The maximum absolute atomic E-state index is 13.9. The molecule has 1 aromatic heterocycles. The first-order chi connectivity index (χ1) is 10.6. The Morgan fingerprint density at radius 3 is 2.77 bits per heavy atom. The molecule has 0 aliphatic heterocycles. The quantitative estimate of drug-likeness (QED) is 0.914. The Morgan fingerprint density at radius 1 is 1.32 bits per heavy atom. The van der Waals surface area contributed by atoms with Crippen molar-refractivity contribution in [2.24, 2.45) is 0 Å². The lowest BCUT2D eigenvalue weighted by molar-refractivity contribution is 0.192. The van der Waals surface area contributed by atoms with Crippen molar-refractivity contribution in [1.82, 2.24) is 15.2 Å². The molecule has 0 saturated heterocycles. The number of pyridine rings is 1. The molecule has 0 aliphatic carbocycles. The van der Waals surface area contributed by atoms with Gasteiger partial charge in [-0.25, -0.2) is 9.18 Å². The van der Waals surface area contributed by atoms with Crippen molar-refractivity contribution in [1.29, 1.82) is 0 Å². The van der Waals surface area contributed by atoms with Crippen LogP contribution in [0.5, 0.6) is 0 Å². The summed E-state index contributed by atoms with van der Waals surface area (Å²) in [6.07, 6.45) is 3.34. The highest BCUT2D eigenvalue weighted by atomic mass is 35.5. The molecule has 0 radical (unpaired) electrons. The SMILES string of the molecule is CCNC(=O)N(Cc1cccnc1)Cc1c(F)cccc1Cl. The number of hydrogen-bond acceptors (Lipinski definition) is 2. The predicted molar refractivity (Wildman–Crippen MR) is 84.0 cm³/mol. The molecule has 6 heteroatoms. The molecular formula is C16H17ClFN3O. The third-order valence-electron chi connectivity index (χ3n) is 3.12. The summed E-state index contributed by atoms with van der Waals surface area (Å²) in [5.41, 5.74) is 1.17. The van der Waals surface area contributed by atoms with Crippen LogP contribution in [-0.4, -0.2) is 22.5 Å². The molecule has 1 N–H and O–H groups in total. The van der Waals surface area contributed by atoms with E-state index < -0.39 is 5.82 Å². The van der Waals surface area contributed by atoms with E-state index in [1.54, 1.807) is 30.6 Å². The summed E-state index contributed by atoms with van der Waals surface area (Å²) in [5, 5.41) is 3.03. The third kappa shape index (κ3) is 4.18. The van der Waals surface area contributed by atoms with Crippen molar-refractivity contribution >= 4 is 17.6 Å². The topological polar surface area (TPSA) is 45.2 Å². The second-order valence-corrected chi connectivity index (χ2v) is 5.16. The zero-order chi connectivity index (χ0) is 15.9. The number of carbonyl (C=O) groups is 1. The molecule has 0 atom stereocenters. The van der Waals surface area contributed by atoms with E-state index in [9.17, 15) is 9.18 Å². The fraction of sp³-hybridized carbons (Fsp3) is 0.250. The van der Waals surface area contributed by atoms with E-state index >= 15 is 0 Å². The van der Waals surface area contributed by atoms with Crippen LogP contribution < -0.4 is 5.32 Å². The van der Waals surface area contributed by atoms with Crippen molar-refractivity contribution in [2.75, 3.05) is 6.54 Å². The van der Waals surface area contributed by atoms with E-state index in [1.165, 1.54) is 11.0 Å². The molecule has 0 fully saturated rings. The van der Waals surface area contributed by atoms with Crippen LogP contribution in [0.3, 0.4) is 0 Å². The Bertz CT molecular complexity index is 616. The Balaban J connectivity index is 2.23. The van der Waals surface area contributed by atoms with E-state index in [4.69, 9.17) is 11.6 Å². The highest BCUT2D eigenvalue weighted by Crippen LogP contribution is 2.21. The Hall–Kier alpha value is -2.14. The number of hydrogen-bond donors (Lipinski definition) is 1. The number of benzene rings is 1. The molecule has 22 heavy (non-hydrogen) atoms. The number of carbonyl (C=O) groups excluding carboxylic acids is 1. The van der Waals surface area contributed by atoms with E-state index in [-0.39, 0.29) is 12.6 Å². The monoisotopic (exact) mass is 321 g/mol. The van der Waals surface area contributed by atoms with Gasteiger partial charge in [0, 0.05) is 36.1 Å². The van der Waals surface area contributed by atoms with E-state index in [1.807, 2.05) is 13.0 Å². The van der Waals surface area contributed by atoms with Crippen molar-refractivity contribution in [3.05, 3.63) is 64.7 Å². The molecule has 2 aromatic rings. The number of nitrogens with zero attached hydrogens (tertiary/aromatic N) is 2. The summed E-state index contributed by atoms with van der Waals surface area (Å²) in [6.45, 7) is 2.74. The molecule has 0 saturated carbocycles. The zero-order valence-corrected chi connectivity index (χ0v) is 13.0. The molecule has 0 bridgehead atoms. The van der Waals surface area contributed by atoms with Crippen molar-refractivity contribution < 1.29 is 9.18 Å². The van der Waals surface area contributed by atoms with Gasteiger partial charge in [-0.3, -0.25) is 4.98 Å². The molecule has 1 aromatic carbocycles. The molecule has 2 amide bonds. The summed E-state index contributed by atoms with van der Waals surface area (Å²) in [4.78, 5) is 17.7. The molecular weight excluding hydrogens is 305 g/mol. The molecule has 1 heterocycles. The summed E-state index contributed by atoms with van der Waals surface area (Å²) in [7, 11) is 0. The summed E-state index contributed by atoms with van der Waals surface area (Å²) >= 11 is 6.05. The molecule has 0 unspecified atom stereocenters. The Morgan fingerprint density at radius 2 is 2.14 bits per heavy atom. The lowest BCUT2D eigenvalue weighted by Gasteiger charge is -2.23. The lowest BCUT2D eigenvalue weighted by Crippen LogP contribution is -2.39. The molecule has 0 aliphatic rings. The second kappa shape index (κ2) is 7.75.